The van der Waals surface area contributed by atoms with E-state index in [0.29, 0.717) is 0 Å². The van der Waals surface area contributed by atoms with Crippen molar-refractivity contribution in [3.05, 3.63) is 32.8 Å². The number of hydrogen-bond acceptors (Lipinski definition) is 4. The van der Waals surface area contributed by atoms with E-state index in [4.69, 9.17) is 5.11 Å². The van der Waals surface area contributed by atoms with E-state index in [2.05, 4.69) is 5.10 Å². The van der Waals surface area contributed by atoms with Gasteiger partial charge in [0.2, 0.25) is 5.91 Å². The van der Waals surface area contributed by atoms with Gasteiger partial charge in [-0.2, -0.15) is 0 Å². The highest BCUT2D eigenvalue weighted by Crippen LogP contribution is 1.90. The molecule has 2 N–H and O–H groups in total. The Balaban J connectivity index is 2.77. The first-order valence-electron chi connectivity index (χ1n) is 5.12. The van der Waals surface area contributed by atoms with E-state index >= 15 is 0 Å². The number of carbonyl (C=O) groups excluding carboxylic acids is 1. The van der Waals surface area contributed by atoms with Crippen LogP contribution < -0.4 is 11.1 Å². The Morgan fingerprint density at radius 2 is 2.18 bits per heavy atom. The molecule has 0 saturated heterocycles. The van der Waals surface area contributed by atoms with Gasteiger partial charge in [0.1, 0.15) is 6.54 Å². The minimum atomic E-state index is -0.643. The Hall–Kier alpha value is -1.89. The van der Waals surface area contributed by atoms with Gasteiger partial charge < -0.3 is 10.0 Å². The molecule has 94 valence electrons. The minimum Gasteiger partial charge on any atom is -0.392 e. The van der Waals surface area contributed by atoms with Crippen molar-refractivity contribution in [2.24, 2.45) is 0 Å². The second kappa shape index (κ2) is 5.44. The first-order chi connectivity index (χ1) is 7.90. The van der Waals surface area contributed by atoms with Crippen molar-refractivity contribution in [2.45, 2.75) is 19.6 Å². The summed E-state index contributed by atoms with van der Waals surface area (Å²) in [6, 6.07) is 2.20. The van der Waals surface area contributed by atoms with E-state index in [0.717, 1.165) is 16.8 Å². The van der Waals surface area contributed by atoms with Crippen LogP contribution in [0.3, 0.4) is 0 Å². The summed E-state index contributed by atoms with van der Waals surface area (Å²) in [7, 11) is 1.52. The highest BCUT2D eigenvalue weighted by atomic mass is 16.3. The van der Waals surface area contributed by atoms with Gasteiger partial charge in [-0.15, -0.1) is 0 Å². The minimum absolute atomic E-state index is 0.171. The summed E-state index contributed by atoms with van der Waals surface area (Å²) in [5.41, 5.74) is -0.904. The van der Waals surface area contributed by atoms with Gasteiger partial charge in [-0.25, -0.2) is 4.68 Å². The average Bonchev–Trinajstić information content (AvgIpc) is 2.22. The molecule has 0 aromatic carbocycles. The molecule has 0 spiro atoms. The predicted molar refractivity (Wildman–Crippen MR) is 60.6 cm³/mol. The van der Waals surface area contributed by atoms with Gasteiger partial charge in [0.05, 0.1) is 6.10 Å². The fourth-order valence-corrected chi connectivity index (χ4v) is 1.33. The summed E-state index contributed by atoms with van der Waals surface area (Å²) in [4.78, 5) is 35.3. The number of nitrogens with zero attached hydrogens (tertiary/aromatic N) is 2. The summed E-state index contributed by atoms with van der Waals surface area (Å²) < 4.78 is 0.934. The Morgan fingerprint density at radius 3 is 2.76 bits per heavy atom. The molecule has 0 aliphatic carbocycles. The molecular formula is C10H15N3O4. The average molecular weight is 241 g/mol. The van der Waals surface area contributed by atoms with Crippen LogP contribution >= 0.6 is 0 Å². The molecule has 0 fully saturated rings. The molecule has 0 saturated carbocycles. The Morgan fingerprint density at radius 1 is 1.53 bits per heavy atom. The smallest absolute Gasteiger partial charge is 0.265 e. The number of rotatable bonds is 4. The maximum atomic E-state index is 11.6. The topological polar surface area (TPSA) is 95.4 Å². The third-order valence-corrected chi connectivity index (χ3v) is 2.15. The predicted octanol–water partition coefficient (Wildman–Crippen LogP) is -1.62. The van der Waals surface area contributed by atoms with E-state index in [1.54, 1.807) is 6.92 Å². The van der Waals surface area contributed by atoms with Crippen LogP contribution in [0.2, 0.25) is 0 Å². The van der Waals surface area contributed by atoms with Gasteiger partial charge in [-0.05, 0) is 6.92 Å². The number of aromatic nitrogens is 2. The quantitative estimate of drug-likeness (QED) is 0.662. The van der Waals surface area contributed by atoms with Gasteiger partial charge >= 0.3 is 0 Å². The number of carbonyl (C=O) groups is 1. The van der Waals surface area contributed by atoms with Crippen LogP contribution in [0.4, 0.5) is 0 Å². The second-order valence-electron chi connectivity index (χ2n) is 3.86. The number of H-pyrrole nitrogens is 1. The van der Waals surface area contributed by atoms with Crippen molar-refractivity contribution >= 4 is 5.91 Å². The standard InChI is InChI=1S/C10H15N3O4/c1-7(14)5-12(2)10(17)6-13-9(16)4-3-8(15)11-13/h3-4,7,14H,5-6H2,1-2H3,(H,11,15). The molecule has 0 aliphatic rings. The number of aliphatic hydroxyl groups is 1. The number of hydrogen-bond donors (Lipinski definition) is 2. The number of aliphatic hydroxyl groups excluding tert-OH is 1. The lowest BCUT2D eigenvalue weighted by atomic mass is 10.3. The molecule has 1 rings (SSSR count). The van der Waals surface area contributed by atoms with Crippen LogP contribution in [0.25, 0.3) is 0 Å². The summed E-state index contributed by atoms with van der Waals surface area (Å²) in [6.07, 6.45) is -0.643. The van der Waals surface area contributed by atoms with Crippen molar-refractivity contribution in [2.75, 3.05) is 13.6 Å². The zero-order chi connectivity index (χ0) is 13.0. The van der Waals surface area contributed by atoms with Crippen LogP contribution in [0.1, 0.15) is 6.92 Å². The molecule has 1 amide bonds. The van der Waals surface area contributed by atoms with E-state index < -0.39 is 17.2 Å². The molecule has 0 bridgehead atoms. The maximum Gasteiger partial charge on any atom is 0.265 e. The van der Waals surface area contributed by atoms with Gasteiger partial charge in [-0.3, -0.25) is 19.5 Å². The highest BCUT2D eigenvalue weighted by molar-refractivity contribution is 5.75. The Labute approximate surface area is 97.3 Å². The van der Waals surface area contributed by atoms with Crippen molar-refractivity contribution in [3.63, 3.8) is 0 Å². The van der Waals surface area contributed by atoms with Crippen LogP contribution in [-0.2, 0) is 11.3 Å². The molecule has 1 unspecified atom stereocenters. The maximum absolute atomic E-state index is 11.6. The van der Waals surface area contributed by atoms with Gasteiger partial charge in [0.15, 0.2) is 0 Å². The molecule has 1 aromatic heterocycles. The normalized spacial score (nSPS) is 12.2. The number of aromatic amines is 1. The summed E-state index contributed by atoms with van der Waals surface area (Å²) >= 11 is 0. The number of amides is 1. The zero-order valence-electron chi connectivity index (χ0n) is 9.71. The van der Waals surface area contributed by atoms with Gasteiger partial charge in [0.25, 0.3) is 11.1 Å². The molecule has 17 heavy (non-hydrogen) atoms. The fraction of sp³-hybridized carbons (Fsp3) is 0.500. The first kappa shape index (κ1) is 13.2. The first-order valence-corrected chi connectivity index (χ1v) is 5.12. The van der Waals surface area contributed by atoms with E-state index in [-0.39, 0.29) is 19.0 Å². The lowest BCUT2D eigenvalue weighted by Gasteiger charge is -2.18. The summed E-state index contributed by atoms with van der Waals surface area (Å²) in [5, 5.41) is 11.4. The number of nitrogens with one attached hydrogen (secondary N) is 1. The molecule has 7 heteroatoms. The van der Waals surface area contributed by atoms with Crippen LogP contribution in [0.15, 0.2) is 21.7 Å². The van der Waals surface area contributed by atoms with Crippen LogP contribution in [0.5, 0.6) is 0 Å². The second-order valence-corrected chi connectivity index (χ2v) is 3.86. The molecule has 0 radical (unpaired) electrons. The third-order valence-electron chi connectivity index (χ3n) is 2.15. The highest BCUT2D eigenvalue weighted by Gasteiger charge is 2.12. The molecule has 7 nitrogen and oxygen atoms in total. The number of likely N-dealkylation sites (N-methyl/N-ethyl adjacent to an activating group) is 1. The Kier molecular flexibility index (Phi) is 4.22. The van der Waals surface area contributed by atoms with Crippen molar-refractivity contribution < 1.29 is 9.90 Å². The SMILES string of the molecule is CC(O)CN(C)C(=O)Cn1[nH]c(=O)ccc1=O. The van der Waals surface area contributed by atoms with Crippen LogP contribution in [0, 0.1) is 0 Å². The molecule has 1 aromatic rings. The van der Waals surface area contributed by atoms with Gasteiger partial charge in [0, 0.05) is 25.7 Å². The lowest BCUT2D eigenvalue weighted by Crippen LogP contribution is -2.39. The monoisotopic (exact) mass is 241 g/mol. The Bertz CT molecular complexity index is 503. The van der Waals surface area contributed by atoms with Crippen molar-refractivity contribution in [1.29, 1.82) is 0 Å². The molecule has 1 heterocycles. The van der Waals surface area contributed by atoms with Crippen molar-refractivity contribution in [3.8, 4) is 0 Å². The van der Waals surface area contributed by atoms with Gasteiger partial charge in [-0.1, -0.05) is 0 Å². The summed E-state index contributed by atoms with van der Waals surface area (Å²) in [5.74, 6) is -0.366. The third kappa shape index (κ3) is 3.87. The van der Waals surface area contributed by atoms with E-state index in [9.17, 15) is 14.4 Å². The molecular weight excluding hydrogens is 226 g/mol. The van der Waals surface area contributed by atoms with E-state index in [1.165, 1.54) is 11.9 Å². The van der Waals surface area contributed by atoms with E-state index in [1.807, 2.05) is 0 Å². The molecule has 1 atom stereocenters. The lowest BCUT2D eigenvalue weighted by molar-refractivity contribution is -0.131. The fourth-order valence-electron chi connectivity index (χ4n) is 1.33. The summed E-state index contributed by atoms with van der Waals surface area (Å²) in [6.45, 7) is 1.48. The largest absolute Gasteiger partial charge is 0.392 e. The zero-order valence-corrected chi connectivity index (χ0v) is 9.71. The van der Waals surface area contributed by atoms with Crippen LogP contribution in [-0.4, -0.2) is 45.4 Å². The van der Waals surface area contributed by atoms with Crippen molar-refractivity contribution in [1.82, 2.24) is 14.7 Å². The molecule has 0 aliphatic heterocycles.